The molecule has 0 radical (unpaired) electrons. The fraction of sp³-hybridized carbons (Fsp3) is 0.667. The number of nitrogens with one attached hydrogen (secondary N) is 3. The molecule has 1 aliphatic rings. The molecule has 0 spiro atoms. The fourth-order valence-electron chi connectivity index (χ4n) is 6.74. The molecule has 2 rings (SSSR count). The lowest BCUT2D eigenvalue weighted by Crippen LogP contribution is -2.70. The van der Waals surface area contributed by atoms with Crippen molar-refractivity contribution in [1.82, 2.24) is 20.9 Å². The maximum atomic E-state index is 14.9. The van der Waals surface area contributed by atoms with Gasteiger partial charge in [-0.3, -0.25) is 34.1 Å². The van der Waals surface area contributed by atoms with Crippen molar-refractivity contribution in [2.75, 3.05) is 13.7 Å². The van der Waals surface area contributed by atoms with E-state index < -0.39 is 113 Å². The van der Waals surface area contributed by atoms with Crippen molar-refractivity contribution in [3.8, 4) is 0 Å². The summed E-state index contributed by atoms with van der Waals surface area (Å²) < 4.78 is 26.0. The van der Waals surface area contributed by atoms with Gasteiger partial charge in [-0.25, -0.2) is 9.69 Å². The Kier molecular flexibility index (Phi) is 16.4. The van der Waals surface area contributed by atoms with E-state index in [1.54, 1.807) is 32.0 Å². The molecule has 1 aromatic carbocycles. The van der Waals surface area contributed by atoms with E-state index in [0.717, 1.165) is 7.11 Å². The Labute approximate surface area is 341 Å². The number of aliphatic hydroxyl groups excluding tert-OH is 1. The largest absolute Gasteiger partial charge is 0.443 e. The second kappa shape index (κ2) is 19.1. The van der Waals surface area contributed by atoms with Crippen LogP contribution in [-0.2, 0) is 48.3 Å². The van der Waals surface area contributed by atoms with Gasteiger partial charge >= 0.3 is 19.4 Å². The van der Waals surface area contributed by atoms with E-state index in [2.05, 4.69) is 16.0 Å². The van der Waals surface area contributed by atoms with E-state index in [9.17, 15) is 43.2 Å². The van der Waals surface area contributed by atoms with E-state index in [0.29, 0.717) is 17.7 Å². The maximum absolute atomic E-state index is 14.9. The number of hydrogen-bond donors (Lipinski definition) is 7. The van der Waals surface area contributed by atoms with Crippen molar-refractivity contribution in [3.05, 3.63) is 35.9 Å². The first-order chi connectivity index (χ1) is 26.6. The van der Waals surface area contributed by atoms with Gasteiger partial charge in [-0.15, -0.1) is 0 Å². The highest BCUT2D eigenvalue weighted by Gasteiger charge is 2.70. The summed E-state index contributed by atoms with van der Waals surface area (Å²) in [7, 11) is -1.88. The van der Waals surface area contributed by atoms with E-state index in [-0.39, 0.29) is 18.4 Å². The van der Waals surface area contributed by atoms with E-state index in [1.807, 2.05) is 0 Å². The lowest BCUT2D eigenvalue weighted by molar-refractivity contribution is -0.144. The van der Waals surface area contributed by atoms with Crippen LogP contribution in [0.15, 0.2) is 30.3 Å². The van der Waals surface area contributed by atoms with Crippen LogP contribution in [0.3, 0.4) is 0 Å². The van der Waals surface area contributed by atoms with Crippen molar-refractivity contribution in [1.29, 1.82) is 0 Å². The molecule has 1 aliphatic carbocycles. The minimum absolute atomic E-state index is 0.00692. The number of amides is 6. The number of imide groups is 1. The molecule has 1 saturated carbocycles. The third kappa shape index (κ3) is 10.4. The molecule has 18 nitrogen and oxygen atoms in total. The molecule has 6 amide bonds. The highest BCUT2D eigenvalue weighted by atomic mass is 31.1. The normalized spacial score (nSPS) is 18.9. The molecule has 2 unspecified atom stereocenters. The molecule has 0 heterocycles. The highest BCUT2D eigenvalue weighted by molar-refractivity contribution is 7.49. The molecule has 0 aliphatic heterocycles. The van der Waals surface area contributed by atoms with Crippen LogP contribution in [0.4, 0.5) is 4.79 Å². The molecule has 0 aromatic heterocycles. The van der Waals surface area contributed by atoms with Crippen molar-refractivity contribution >= 4 is 49.2 Å². The Morgan fingerprint density at radius 3 is 1.86 bits per heavy atom. The van der Waals surface area contributed by atoms with Crippen LogP contribution in [0.25, 0.3) is 0 Å². The Balaban J connectivity index is 2.55. The molecule has 58 heavy (non-hydrogen) atoms. The standard InChI is InChI=1S/C39H62N7O11P/c1-22(2)27(28(40)48)44-33(53)39(42,23(3)4)31(51)37(19-15-16-20-37)58(55)36(10,56-11)45-29(49)25(6)46(34(54)57-35(7,8)9)30(50)24(5)43-32(52)38(41,21-47)26-17-13-12-14-18-26/h12-14,17-18,22-25,27,47H,15-16,19-21,41-42H2,1-11H3,(H4-,40,43,44,45,48,49,52,53)/p+1/t24-,25-,27-,36?,38+,39+/m0/s1. The number of ketones is 1. The zero-order chi connectivity index (χ0) is 44.8. The highest BCUT2D eigenvalue weighted by Crippen LogP contribution is 2.59. The molecule has 0 bridgehead atoms. The summed E-state index contributed by atoms with van der Waals surface area (Å²) in [4.78, 5) is 96.5. The van der Waals surface area contributed by atoms with Crippen LogP contribution >= 0.6 is 7.80 Å². The number of carbonyl (C=O) groups is 7. The first kappa shape index (κ1) is 49.8. The summed E-state index contributed by atoms with van der Waals surface area (Å²) in [5, 5.41) is 15.7. The molecule has 1 fully saturated rings. The second-order valence-corrected chi connectivity index (χ2v) is 19.0. The summed E-state index contributed by atoms with van der Waals surface area (Å²) in [6, 6.07) is 3.53. The Bertz CT molecular complexity index is 1730. The van der Waals surface area contributed by atoms with Gasteiger partial charge in [0.15, 0.2) is 5.54 Å². The molecular formula is C39H63N7O11P+. The monoisotopic (exact) mass is 836 g/mol. The summed E-state index contributed by atoms with van der Waals surface area (Å²) >= 11 is 0. The molecule has 19 heteroatoms. The summed E-state index contributed by atoms with van der Waals surface area (Å²) in [6.07, 6.45) is -0.418. The number of rotatable bonds is 18. The van der Waals surface area contributed by atoms with Gasteiger partial charge in [0.2, 0.25) is 34.6 Å². The maximum Gasteiger partial charge on any atom is 0.417 e. The fourth-order valence-corrected chi connectivity index (χ4v) is 9.03. The average Bonchev–Trinajstić information content (AvgIpc) is 3.65. The topological polar surface area (TPSA) is 293 Å². The van der Waals surface area contributed by atoms with Crippen molar-refractivity contribution < 1.29 is 52.7 Å². The van der Waals surface area contributed by atoms with Crippen molar-refractivity contribution in [2.24, 2.45) is 29.0 Å². The smallest absolute Gasteiger partial charge is 0.417 e. The first-order valence-electron chi connectivity index (χ1n) is 19.2. The molecule has 0 saturated heterocycles. The Hall–Kier alpha value is -4.35. The van der Waals surface area contributed by atoms with Gasteiger partial charge in [-0.05, 0) is 64.9 Å². The van der Waals surface area contributed by atoms with Crippen molar-refractivity contribution in [3.63, 3.8) is 0 Å². The summed E-state index contributed by atoms with van der Waals surface area (Å²) in [6.45, 7) is 13.8. The summed E-state index contributed by atoms with van der Waals surface area (Å²) in [5.41, 5.74) is 11.1. The average molecular weight is 837 g/mol. The number of methoxy groups -OCH3 is 1. The van der Waals surface area contributed by atoms with Gasteiger partial charge in [0.25, 0.3) is 5.91 Å². The number of ether oxygens (including phenoxy) is 2. The zero-order valence-electron chi connectivity index (χ0n) is 35.5. The van der Waals surface area contributed by atoms with Crippen LogP contribution in [0.1, 0.15) is 100 Å². The van der Waals surface area contributed by atoms with Gasteiger partial charge in [-0.1, -0.05) is 62.6 Å². The number of hydrogen-bond acceptors (Lipinski definition) is 13. The van der Waals surface area contributed by atoms with Gasteiger partial charge in [0.1, 0.15) is 29.3 Å². The minimum Gasteiger partial charge on any atom is -0.443 e. The number of carbonyl (C=O) groups excluding carboxylic acids is 7. The number of Topliss-reactive ketones (excluding diaryl/α,β-unsaturated/α-hetero) is 1. The molecular weight excluding hydrogens is 773 g/mol. The SMILES string of the molecule is COC(C)(NC(=O)[C@H](C)N(C(=O)OC(C)(C)C)C(=O)[C@H](C)NC(=O)[C@@](N)(CO)c1ccccc1)[P+](=O)C1(C(=O)[C@@](N)(C(=O)N[C@H](C(N)=O)C(C)C)C(C)C)CCCC1. The molecule has 324 valence electrons. The number of primary amides is 1. The quantitative estimate of drug-likeness (QED) is 0.0629. The first-order valence-corrected chi connectivity index (χ1v) is 20.5. The number of nitrogens with two attached hydrogens (primary N) is 3. The Morgan fingerprint density at radius 2 is 1.43 bits per heavy atom. The number of nitrogens with zero attached hydrogens (tertiary/aromatic N) is 1. The molecule has 7 atom stereocenters. The Morgan fingerprint density at radius 1 is 0.897 bits per heavy atom. The third-order valence-corrected chi connectivity index (χ3v) is 13.1. The van der Waals surface area contributed by atoms with Crippen LogP contribution in [0, 0.1) is 11.8 Å². The number of aliphatic hydroxyl groups is 1. The van der Waals surface area contributed by atoms with E-state index in [4.69, 9.17) is 26.7 Å². The van der Waals surface area contributed by atoms with Crippen LogP contribution in [0.5, 0.6) is 0 Å². The van der Waals surface area contributed by atoms with Crippen LogP contribution in [-0.4, -0.2) is 105 Å². The van der Waals surface area contributed by atoms with Gasteiger partial charge in [0.05, 0.1) is 6.61 Å². The lowest BCUT2D eigenvalue weighted by atomic mass is 9.76. The van der Waals surface area contributed by atoms with Gasteiger partial charge in [0, 0.05) is 26.9 Å². The van der Waals surface area contributed by atoms with Crippen molar-refractivity contribution in [2.45, 2.75) is 140 Å². The number of benzene rings is 1. The molecule has 10 N–H and O–H groups in total. The summed E-state index contributed by atoms with van der Waals surface area (Å²) in [5.74, 6) is -7.15. The predicted molar refractivity (Wildman–Crippen MR) is 215 cm³/mol. The predicted octanol–water partition coefficient (Wildman–Crippen LogP) is 1.62. The molecule has 1 aromatic rings. The van der Waals surface area contributed by atoms with Crippen LogP contribution < -0.4 is 33.2 Å². The van der Waals surface area contributed by atoms with Gasteiger partial charge in [-0.2, -0.15) is 0 Å². The zero-order valence-corrected chi connectivity index (χ0v) is 36.4. The second-order valence-electron chi connectivity index (χ2n) is 16.7. The van der Waals surface area contributed by atoms with E-state index >= 15 is 0 Å². The van der Waals surface area contributed by atoms with Gasteiger partial charge < -0.3 is 42.4 Å². The van der Waals surface area contributed by atoms with Crippen LogP contribution in [0.2, 0.25) is 0 Å². The third-order valence-electron chi connectivity index (χ3n) is 10.6. The van der Waals surface area contributed by atoms with E-state index in [1.165, 1.54) is 67.5 Å². The minimum atomic E-state index is -3.02. The lowest BCUT2D eigenvalue weighted by Gasteiger charge is -2.37.